The van der Waals surface area contributed by atoms with E-state index in [4.69, 9.17) is 15.2 Å². The van der Waals surface area contributed by atoms with Gasteiger partial charge in [-0.3, -0.25) is 4.79 Å². The van der Waals surface area contributed by atoms with Gasteiger partial charge in [0.15, 0.2) is 5.78 Å². The highest BCUT2D eigenvalue weighted by Gasteiger charge is 2.82. The van der Waals surface area contributed by atoms with Gasteiger partial charge in [-0.25, -0.2) is 0 Å². The summed E-state index contributed by atoms with van der Waals surface area (Å²) < 4.78 is 13.7. The highest BCUT2D eigenvalue weighted by molar-refractivity contribution is 6.00. The summed E-state index contributed by atoms with van der Waals surface area (Å²) in [7, 11) is 0. The number of aliphatic hydroxyl groups is 9. The zero-order valence-corrected chi connectivity index (χ0v) is 49.1. The van der Waals surface area contributed by atoms with Gasteiger partial charge in [0.2, 0.25) is 0 Å². The molecule has 0 aromatic carbocycles. The Bertz CT molecular complexity index is 2430. The van der Waals surface area contributed by atoms with E-state index in [1.54, 1.807) is 13.8 Å². The highest BCUT2D eigenvalue weighted by Crippen LogP contribution is 2.79. The molecule has 10 aliphatic carbocycles. The first-order valence-electron chi connectivity index (χ1n) is 32.9. The molecule has 15 heteroatoms. The van der Waals surface area contributed by atoms with Crippen LogP contribution in [0.15, 0.2) is 46.8 Å². The molecular weight excluding hydrogens is 1030 g/mol. The SMILES string of the molecule is CCC[C@@H]1CC[C@H]2[C@H]3[C@@H](O[C@@H]2CC1)[C@@](O)([C@](C)(O)[C@H]1CC[C@@]2(O)C4=C(NC[C@H](C)O)C(=O)[C@@H]5[C@H]6CC[C@@H]7[C@@H](C8=C(CCCO)NC(N)C=C8)C=C[C@@](O)(C[C@]12C1CCC(CCOC2CCCC2)CC1)[C@@H]4[C@]75C[C@H](O)[C@@H]6O)CCC[C@@H]3O. The largest absolute Gasteiger partial charge is 0.396 e. The lowest BCUT2D eigenvalue weighted by Gasteiger charge is -2.71. The Labute approximate surface area is 482 Å². The number of Topliss-reactive ketones (excluding diaryl/α,β-unsaturated/α-hetero) is 1. The molecule has 12 rings (SSSR count). The lowest BCUT2D eigenvalue weighted by molar-refractivity contribution is -0.282. The average molecular weight is 1130 g/mol. The quantitative estimate of drug-likeness (QED) is 0.0762. The summed E-state index contributed by atoms with van der Waals surface area (Å²) in [5.41, 5.74) is -1.15. The van der Waals surface area contributed by atoms with Crippen LogP contribution in [0.25, 0.3) is 0 Å². The Kier molecular flexibility index (Phi) is 16.4. The number of hydrogen-bond acceptors (Lipinski definition) is 15. The first-order chi connectivity index (χ1) is 38.8. The van der Waals surface area contributed by atoms with Crippen molar-refractivity contribution >= 4 is 5.78 Å². The van der Waals surface area contributed by atoms with Crippen molar-refractivity contribution in [3.05, 3.63) is 46.8 Å². The van der Waals surface area contributed by atoms with Gasteiger partial charge in [-0.05, 0) is 200 Å². The molecular formula is C66H103N3O12. The molecule has 2 bridgehead atoms. The number of hydrogen-bond donors (Lipinski definition) is 12. The van der Waals surface area contributed by atoms with Crippen molar-refractivity contribution in [3.8, 4) is 0 Å². The van der Waals surface area contributed by atoms with Gasteiger partial charge in [-0.1, -0.05) is 70.1 Å². The van der Waals surface area contributed by atoms with Gasteiger partial charge in [-0.15, -0.1) is 0 Å². The van der Waals surface area contributed by atoms with Crippen molar-refractivity contribution in [3.63, 3.8) is 0 Å². The van der Waals surface area contributed by atoms with Crippen LogP contribution in [0.1, 0.15) is 188 Å². The third kappa shape index (κ3) is 9.32. The van der Waals surface area contributed by atoms with Crippen LogP contribution in [0.4, 0.5) is 0 Å². The minimum atomic E-state index is -1.95. The van der Waals surface area contributed by atoms with Gasteiger partial charge in [0.1, 0.15) is 5.60 Å². The van der Waals surface area contributed by atoms with Gasteiger partial charge < -0.3 is 71.8 Å². The fourth-order valence-corrected chi connectivity index (χ4v) is 22.1. The lowest BCUT2D eigenvalue weighted by atomic mass is 9.34. The maximum absolute atomic E-state index is 16.5. The fraction of sp³-hybridized carbons (Fsp3) is 0.864. The van der Waals surface area contributed by atoms with E-state index in [-0.39, 0.29) is 80.6 Å². The van der Waals surface area contributed by atoms with Crippen LogP contribution < -0.4 is 16.4 Å². The van der Waals surface area contributed by atoms with E-state index in [1.165, 1.54) is 12.8 Å². The molecule has 2 aliphatic heterocycles. The molecule has 22 atom stereocenters. The fourth-order valence-electron chi connectivity index (χ4n) is 22.1. The summed E-state index contributed by atoms with van der Waals surface area (Å²) in [6.07, 6.45) is 20.9. The van der Waals surface area contributed by atoms with E-state index < -0.39 is 105 Å². The Morgan fingerprint density at radius 3 is 2.36 bits per heavy atom. The second-order valence-corrected chi connectivity index (χ2v) is 29.3. The van der Waals surface area contributed by atoms with Gasteiger partial charge >= 0.3 is 0 Å². The number of allylic oxidation sites excluding steroid dienone is 5. The number of nitrogens with two attached hydrogens (primary N) is 1. The maximum atomic E-state index is 16.5. The molecule has 12 aliphatic rings. The minimum absolute atomic E-state index is 0.00224. The molecule has 8 saturated carbocycles. The van der Waals surface area contributed by atoms with Crippen molar-refractivity contribution < 1.29 is 60.2 Å². The summed E-state index contributed by atoms with van der Waals surface area (Å²) in [6, 6.07) is 0. The Hall–Kier alpha value is -2.25. The summed E-state index contributed by atoms with van der Waals surface area (Å²) in [5.74, 6) is -4.11. The van der Waals surface area contributed by atoms with E-state index in [0.29, 0.717) is 81.5 Å². The zero-order valence-electron chi connectivity index (χ0n) is 49.1. The molecule has 9 fully saturated rings. The number of carbonyl (C=O) groups excluding carboxylic acids is 1. The number of carbonyl (C=O) groups is 1. The van der Waals surface area contributed by atoms with Crippen LogP contribution in [0.3, 0.4) is 0 Å². The first kappa shape index (κ1) is 59.1. The molecule has 13 N–H and O–H groups in total. The van der Waals surface area contributed by atoms with Gasteiger partial charge in [0.25, 0.3) is 0 Å². The first-order valence-corrected chi connectivity index (χ1v) is 32.9. The van der Waals surface area contributed by atoms with Crippen LogP contribution in [-0.2, 0) is 14.3 Å². The third-order valence-corrected chi connectivity index (χ3v) is 25.3. The summed E-state index contributed by atoms with van der Waals surface area (Å²) in [6.45, 7) is 6.29. The van der Waals surface area contributed by atoms with E-state index in [2.05, 4.69) is 23.6 Å². The van der Waals surface area contributed by atoms with Gasteiger partial charge in [0, 0.05) is 54.5 Å². The monoisotopic (exact) mass is 1130 g/mol. The Balaban J connectivity index is 1.04. The molecule has 0 aromatic heterocycles. The highest BCUT2D eigenvalue weighted by atomic mass is 16.5. The number of fused-ring (bicyclic) bond motifs is 5. The van der Waals surface area contributed by atoms with Crippen molar-refractivity contribution in [1.29, 1.82) is 0 Å². The number of ketones is 1. The summed E-state index contributed by atoms with van der Waals surface area (Å²) >= 11 is 0. The van der Waals surface area contributed by atoms with Crippen LogP contribution >= 0.6 is 0 Å². The van der Waals surface area contributed by atoms with E-state index in [9.17, 15) is 40.9 Å². The predicted molar refractivity (Wildman–Crippen MR) is 306 cm³/mol. The molecule has 1 unspecified atom stereocenters. The van der Waals surface area contributed by atoms with Gasteiger partial charge in [-0.2, -0.15) is 0 Å². The molecule has 454 valence electrons. The minimum Gasteiger partial charge on any atom is -0.396 e. The number of nitrogens with one attached hydrogen (secondary N) is 2. The molecule has 0 radical (unpaired) electrons. The molecule has 0 amide bonds. The van der Waals surface area contributed by atoms with E-state index in [1.807, 2.05) is 18.2 Å². The Morgan fingerprint density at radius 1 is 0.889 bits per heavy atom. The number of rotatable bonds is 16. The summed E-state index contributed by atoms with van der Waals surface area (Å²) in [4.78, 5) is 16.5. The van der Waals surface area contributed by atoms with E-state index >= 15 is 9.90 Å². The lowest BCUT2D eigenvalue weighted by Crippen LogP contribution is -2.76. The van der Waals surface area contributed by atoms with Crippen molar-refractivity contribution in [1.82, 2.24) is 10.6 Å². The van der Waals surface area contributed by atoms with Crippen LogP contribution in [0.5, 0.6) is 0 Å². The topological polar surface area (TPSA) is 268 Å². The smallest absolute Gasteiger partial charge is 0.182 e. The Morgan fingerprint density at radius 2 is 1.62 bits per heavy atom. The molecule has 0 aromatic rings. The number of aliphatic hydroxyl groups excluding tert-OH is 5. The summed E-state index contributed by atoms with van der Waals surface area (Å²) in [5, 5.41) is 124. The second kappa shape index (κ2) is 22.5. The van der Waals surface area contributed by atoms with E-state index in [0.717, 1.165) is 81.9 Å². The molecule has 1 saturated heterocycles. The maximum Gasteiger partial charge on any atom is 0.182 e. The molecule has 81 heavy (non-hydrogen) atoms. The predicted octanol–water partition coefficient (Wildman–Crippen LogP) is 6.26. The molecule has 2 heterocycles. The molecule has 15 nitrogen and oxygen atoms in total. The standard InChI is InChI=1S/C66H103N3O12/c1-4-9-38-16-20-44-50(24-17-38)81-60-53(44)48(72)13-7-29-66(60,79)61(3,76)51-27-31-65(78)55-56(68-35-37(2)71)58(75)54-45-21-23-46-42(43-22-25-52(67)69-47(43)12-8-32-70)26-30-62(77,59(55)63(46,54)34-49(73)57(45)74)36-64(51,65)40-18-14-39(15-19-40)28-33-80-41-10-5-6-11-41/h22,25-26,30,37-42,44-46,48-54,57,59-60,68-74,76-79H,4-21,23-24,27-29,31-36,67H2,1-3H3/t37-,38+,39?,40?,42+,44+,45+,46+,48-,49-,50+,51+,52?,53+,54-,57+,59+,60+,61+,62+,63+,64-,65+,66+/m0/s1. The normalized spacial score (nSPS) is 48.7. The zero-order chi connectivity index (χ0) is 57.0. The van der Waals surface area contributed by atoms with Crippen LogP contribution in [0.2, 0.25) is 0 Å². The average Bonchev–Trinajstić information content (AvgIpc) is 1.73. The van der Waals surface area contributed by atoms with Crippen LogP contribution in [0, 0.1) is 75.9 Å². The third-order valence-electron chi connectivity index (χ3n) is 25.3. The van der Waals surface area contributed by atoms with Crippen molar-refractivity contribution in [2.45, 2.75) is 259 Å². The van der Waals surface area contributed by atoms with Gasteiger partial charge in [0.05, 0.1) is 71.4 Å². The number of ether oxygens (including phenoxy) is 2. The second-order valence-electron chi connectivity index (χ2n) is 29.3. The van der Waals surface area contributed by atoms with Crippen molar-refractivity contribution in [2.24, 2.45) is 81.7 Å². The number of dihydropyridines is 1. The van der Waals surface area contributed by atoms with Crippen molar-refractivity contribution in [2.75, 3.05) is 19.8 Å². The van der Waals surface area contributed by atoms with Crippen LogP contribution in [-0.4, -0.2) is 143 Å². The molecule has 1 spiro atoms.